The third-order valence-electron chi connectivity index (χ3n) is 4.31. The van der Waals surface area contributed by atoms with E-state index in [0.717, 1.165) is 28.9 Å². The molecular formula is C21H24N4O2. The third-order valence-corrected chi connectivity index (χ3v) is 4.31. The Bertz CT molecular complexity index is 845. The zero-order chi connectivity index (χ0) is 18.9. The minimum atomic E-state index is -0.169. The van der Waals surface area contributed by atoms with E-state index >= 15 is 0 Å². The van der Waals surface area contributed by atoms with Crippen molar-refractivity contribution in [2.45, 2.75) is 19.5 Å². The topological polar surface area (TPSA) is 68.2 Å². The standard InChI is InChI=1S/C21H24N4O2/c1-27-20-9-7-17(8-10-20)11-13-22-21(26)23-15-18-5-2-3-6-19(18)16-25-14-4-12-24-25/h2-10,12,14H,11,13,15-16H2,1H3,(H2,22,23,26). The maximum absolute atomic E-state index is 12.1. The van der Waals surface area contributed by atoms with Crippen LogP contribution in [0.1, 0.15) is 16.7 Å². The number of nitrogens with zero attached hydrogens (tertiary/aromatic N) is 2. The Labute approximate surface area is 159 Å². The molecule has 0 fully saturated rings. The third kappa shape index (κ3) is 5.60. The maximum atomic E-state index is 12.1. The van der Waals surface area contributed by atoms with Crippen LogP contribution >= 0.6 is 0 Å². The van der Waals surface area contributed by atoms with Gasteiger partial charge in [-0.05, 0) is 41.3 Å². The molecule has 0 bridgehead atoms. The summed E-state index contributed by atoms with van der Waals surface area (Å²) < 4.78 is 7.01. The summed E-state index contributed by atoms with van der Waals surface area (Å²) in [7, 11) is 1.65. The van der Waals surface area contributed by atoms with Crippen molar-refractivity contribution in [3.05, 3.63) is 83.7 Å². The highest BCUT2D eigenvalue weighted by atomic mass is 16.5. The molecule has 2 N–H and O–H groups in total. The molecule has 140 valence electrons. The second kappa shape index (κ2) is 9.43. The normalized spacial score (nSPS) is 10.4. The lowest BCUT2D eigenvalue weighted by Gasteiger charge is -2.12. The molecule has 0 aliphatic heterocycles. The Hall–Kier alpha value is -3.28. The summed E-state index contributed by atoms with van der Waals surface area (Å²) in [6.45, 7) is 1.74. The molecule has 27 heavy (non-hydrogen) atoms. The molecule has 0 aliphatic carbocycles. The first-order chi connectivity index (χ1) is 13.2. The van der Waals surface area contributed by atoms with Crippen molar-refractivity contribution in [3.63, 3.8) is 0 Å². The zero-order valence-electron chi connectivity index (χ0n) is 15.4. The molecule has 2 aromatic carbocycles. The van der Waals surface area contributed by atoms with Gasteiger partial charge in [-0.15, -0.1) is 0 Å². The van der Waals surface area contributed by atoms with Crippen LogP contribution in [0.5, 0.6) is 5.75 Å². The fraction of sp³-hybridized carbons (Fsp3) is 0.238. The van der Waals surface area contributed by atoms with Crippen molar-refractivity contribution in [2.24, 2.45) is 0 Å². The molecule has 0 radical (unpaired) electrons. The Kier molecular flexibility index (Phi) is 6.46. The molecule has 0 aliphatic rings. The van der Waals surface area contributed by atoms with Gasteiger partial charge in [0, 0.05) is 25.5 Å². The highest BCUT2D eigenvalue weighted by Gasteiger charge is 2.05. The summed E-state index contributed by atoms with van der Waals surface area (Å²) in [5, 5.41) is 10.1. The van der Waals surface area contributed by atoms with Crippen LogP contribution in [0.15, 0.2) is 67.0 Å². The highest BCUT2D eigenvalue weighted by molar-refractivity contribution is 5.73. The van der Waals surface area contributed by atoms with E-state index in [1.807, 2.05) is 59.4 Å². The van der Waals surface area contributed by atoms with E-state index < -0.39 is 0 Å². The Morgan fingerprint density at radius 1 is 1.04 bits per heavy atom. The van der Waals surface area contributed by atoms with E-state index in [0.29, 0.717) is 19.6 Å². The zero-order valence-corrected chi connectivity index (χ0v) is 15.4. The number of aromatic nitrogens is 2. The lowest BCUT2D eigenvalue weighted by atomic mass is 10.1. The number of ether oxygens (including phenoxy) is 1. The highest BCUT2D eigenvalue weighted by Crippen LogP contribution is 2.12. The van der Waals surface area contributed by atoms with Crippen LogP contribution in [0.2, 0.25) is 0 Å². The van der Waals surface area contributed by atoms with Gasteiger partial charge in [-0.2, -0.15) is 5.10 Å². The van der Waals surface area contributed by atoms with E-state index in [-0.39, 0.29) is 6.03 Å². The largest absolute Gasteiger partial charge is 0.497 e. The van der Waals surface area contributed by atoms with Crippen LogP contribution in [-0.2, 0) is 19.5 Å². The summed E-state index contributed by atoms with van der Waals surface area (Å²) in [6, 6.07) is 17.6. The first-order valence-corrected chi connectivity index (χ1v) is 8.93. The van der Waals surface area contributed by atoms with Gasteiger partial charge in [-0.3, -0.25) is 4.68 Å². The molecule has 0 spiro atoms. The monoisotopic (exact) mass is 364 g/mol. The van der Waals surface area contributed by atoms with Crippen LogP contribution in [0.4, 0.5) is 4.79 Å². The van der Waals surface area contributed by atoms with Gasteiger partial charge in [-0.25, -0.2) is 4.79 Å². The number of amides is 2. The van der Waals surface area contributed by atoms with Crippen LogP contribution in [0.25, 0.3) is 0 Å². The van der Waals surface area contributed by atoms with Crippen LogP contribution in [0, 0.1) is 0 Å². The molecule has 3 rings (SSSR count). The van der Waals surface area contributed by atoms with Crippen molar-refractivity contribution in [3.8, 4) is 5.75 Å². The lowest BCUT2D eigenvalue weighted by Crippen LogP contribution is -2.36. The number of carbonyl (C=O) groups excluding carboxylic acids is 1. The Morgan fingerprint density at radius 3 is 2.52 bits per heavy atom. The van der Waals surface area contributed by atoms with Crippen molar-refractivity contribution in [1.29, 1.82) is 0 Å². The maximum Gasteiger partial charge on any atom is 0.315 e. The minimum Gasteiger partial charge on any atom is -0.497 e. The summed E-state index contributed by atoms with van der Waals surface area (Å²) in [4.78, 5) is 12.1. The van der Waals surface area contributed by atoms with Gasteiger partial charge >= 0.3 is 6.03 Å². The van der Waals surface area contributed by atoms with Crippen LogP contribution in [0.3, 0.4) is 0 Å². The average Bonchev–Trinajstić information content (AvgIpc) is 3.21. The quantitative estimate of drug-likeness (QED) is 0.646. The summed E-state index contributed by atoms with van der Waals surface area (Å²) in [5.74, 6) is 0.832. The number of urea groups is 1. The van der Waals surface area contributed by atoms with E-state index in [9.17, 15) is 4.79 Å². The van der Waals surface area contributed by atoms with Crippen molar-refractivity contribution < 1.29 is 9.53 Å². The number of nitrogens with one attached hydrogen (secondary N) is 2. The molecule has 6 heteroatoms. The summed E-state index contributed by atoms with van der Waals surface area (Å²) in [5.41, 5.74) is 3.37. The predicted octanol–water partition coefficient (Wildman–Crippen LogP) is 2.98. The van der Waals surface area contributed by atoms with Crippen molar-refractivity contribution in [2.75, 3.05) is 13.7 Å². The van der Waals surface area contributed by atoms with Gasteiger partial charge < -0.3 is 15.4 Å². The molecule has 1 heterocycles. The van der Waals surface area contributed by atoms with E-state index in [1.54, 1.807) is 13.3 Å². The van der Waals surface area contributed by atoms with Gasteiger partial charge in [0.05, 0.1) is 13.7 Å². The van der Waals surface area contributed by atoms with Gasteiger partial charge in [-0.1, -0.05) is 36.4 Å². The molecular weight excluding hydrogens is 340 g/mol. The molecule has 3 aromatic rings. The molecule has 0 saturated heterocycles. The first kappa shape index (κ1) is 18.5. The molecule has 2 amide bonds. The van der Waals surface area contributed by atoms with Crippen molar-refractivity contribution >= 4 is 6.03 Å². The SMILES string of the molecule is COc1ccc(CCNC(=O)NCc2ccccc2Cn2cccn2)cc1. The molecule has 0 saturated carbocycles. The smallest absolute Gasteiger partial charge is 0.315 e. The Morgan fingerprint density at radius 2 is 1.81 bits per heavy atom. The fourth-order valence-electron chi connectivity index (χ4n) is 2.80. The number of methoxy groups -OCH3 is 1. The second-order valence-corrected chi connectivity index (χ2v) is 6.18. The lowest BCUT2D eigenvalue weighted by molar-refractivity contribution is 0.240. The number of benzene rings is 2. The van der Waals surface area contributed by atoms with Gasteiger partial charge in [0.2, 0.25) is 0 Å². The van der Waals surface area contributed by atoms with Crippen LogP contribution < -0.4 is 15.4 Å². The van der Waals surface area contributed by atoms with E-state index in [2.05, 4.69) is 21.8 Å². The minimum absolute atomic E-state index is 0.169. The predicted molar refractivity (Wildman–Crippen MR) is 105 cm³/mol. The molecule has 6 nitrogen and oxygen atoms in total. The first-order valence-electron chi connectivity index (χ1n) is 8.93. The molecule has 0 atom stereocenters. The summed E-state index contributed by atoms with van der Waals surface area (Å²) in [6.07, 6.45) is 4.46. The van der Waals surface area contributed by atoms with Gasteiger partial charge in [0.1, 0.15) is 5.75 Å². The molecule has 0 unspecified atom stereocenters. The number of hydrogen-bond donors (Lipinski definition) is 2. The number of rotatable bonds is 8. The van der Waals surface area contributed by atoms with Gasteiger partial charge in [0.15, 0.2) is 0 Å². The number of carbonyl (C=O) groups is 1. The average molecular weight is 364 g/mol. The van der Waals surface area contributed by atoms with E-state index in [4.69, 9.17) is 4.74 Å². The Balaban J connectivity index is 1.45. The summed E-state index contributed by atoms with van der Waals surface area (Å²) >= 11 is 0. The van der Waals surface area contributed by atoms with E-state index in [1.165, 1.54) is 0 Å². The van der Waals surface area contributed by atoms with Crippen LogP contribution in [-0.4, -0.2) is 29.5 Å². The fourth-order valence-corrected chi connectivity index (χ4v) is 2.80. The van der Waals surface area contributed by atoms with Gasteiger partial charge in [0.25, 0.3) is 0 Å². The van der Waals surface area contributed by atoms with Crippen molar-refractivity contribution in [1.82, 2.24) is 20.4 Å². The second-order valence-electron chi connectivity index (χ2n) is 6.18. The number of hydrogen-bond acceptors (Lipinski definition) is 3. The molecule has 1 aromatic heterocycles.